The van der Waals surface area contributed by atoms with Crippen molar-refractivity contribution in [3.63, 3.8) is 0 Å². The number of rotatable bonds is 5. The Morgan fingerprint density at radius 3 is 2.56 bits per heavy atom. The summed E-state index contributed by atoms with van der Waals surface area (Å²) in [6.45, 7) is 1.72. The average molecular weight is 300 g/mol. The van der Waals surface area contributed by atoms with Gasteiger partial charge in [0, 0.05) is 32.8 Å². The van der Waals surface area contributed by atoms with Crippen LogP contribution in [0.5, 0.6) is 0 Å². The molecule has 18 heavy (non-hydrogen) atoms. The number of aliphatic hydroxyl groups is 1. The smallest absolute Gasteiger partial charge is 0.282 e. The molecule has 1 saturated heterocycles. The molecule has 0 aromatic rings. The van der Waals surface area contributed by atoms with E-state index in [0.29, 0.717) is 6.42 Å². The van der Waals surface area contributed by atoms with Crippen molar-refractivity contribution in [3.05, 3.63) is 0 Å². The fourth-order valence-electron chi connectivity index (χ4n) is 1.91. The van der Waals surface area contributed by atoms with E-state index in [0.717, 1.165) is 4.31 Å². The van der Waals surface area contributed by atoms with Crippen LogP contribution in [0.4, 0.5) is 0 Å². The van der Waals surface area contributed by atoms with E-state index in [1.165, 1.54) is 11.4 Å². The molecule has 1 heterocycles. The van der Waals surface area contributed by atoms with E-state index >= 15 is 0 Å². The molecule has 0 radical (unpaired) electrons. The van der Waals surface area contributed by atoms with Crippen molar-refractivity contribution in [2.24, 2.45) is 0 Å². The van der Waals surface area contributed by atoms with Crippen LogP contribution >= 0.6 is 0 Å². The lowest BCUT2D eigenvalue weighted by atomic mass is 10.4. The molecule has 0 aromatic heterocycles. The van der Waals surface area contributed by atoms with Crippen molar-refractivity contribution in [2.45, 2.75) is 19.4 Å². The fourth-order valence-corrected chi connectivity index (χ4v) is 5.25. The molecular weight excluding hydrogens is 280 g/mol. The molecule has 0 aliphatic carbocycles. The van der Waals surface area contributed by atoms with Gasteiger partial charge in [-0.25, -0.2) is 8.42 Å². The second-order valence-electron chi connectivity index (χ2n) is 4.48. The molecule has 1 rings (SSSR count). The molecule has 1 aliphatic heterocycles. The molecule has 0 saturated carbocycles. The first-order valence-electron chi connectivity index (χ1n) is 5.75. The minimum Gasteiger partial charge on any atom is -0.396 e. The summed E-state index contributed by atoms with van der Waals surface area (Å²) in [4.78, 5) is 0. The maximum Gasteiger partial charge on any atom is 0.282 e. The quantitative estimate of drug-likeness (QED) is 0.678. The molecule has 1 aliphatic rings. The van der Waals surface area contributed by atoms with Crippen molar-refractivity contribution in [3.8, 4) is 0 Å². The highest BCUT2D eigenvalue weighted by molar-refractivity contribution is 7.91. The van der Waals surface area contributed by atoms with Gasteiger partial charge in [-0.3, -0.25) is 0 Å². The van der Waals surface area contributed by atoms with E-state index in [1.54, 1.807) is 6.92 Å². The molecule has 1 fully saturated rings. The van der Waals surface area contributed by atoms with Gasteiger partial charge in [-0.05, 0) is 13.3 Å². The first-order valence-corrected chi connectivity index (χ1v) is 8.97. The van der Waals surface area contributed by atoms with E-state index in [4.69, 9.17) is 5.11 Å². The molecule has 1 unspecified atom stereocenters. The normalized spacial score (nSPS) is 25.4. The summed E-state index contributed by atoms with van der Waals surface area (Å²) in [6, 6.07) is -0.551. The van der Waals surface area contributed by atoms with Gasteiger partial charge in [-0.15, -0.1) is 0 Å². The molecule has 9 heteroatoms. The summed E-state index contributed by atoms with van der Waals surface area (Å²) in [5.41, 5.74) is 0. The maximum absolute atomic E-state index is 12.2. The largest absolute Gasteiger partial charge is 0.396 e. The van der Waals surface area contributed by atoms with Crippen molar-refractivity contribution >= 4 is 20.0 Å². The molecule has 1 atom stereocenters. The van der Waals surface area contributed by atoms with Crippen LogP contribution in [0, 0.1) is 0 Å². The van der Waals surface area contributed by atoms with Crippen LogP contribution < -0.4 is 0 Å². The zero-order valence-electron chi connectivity index (χ0n) is 10.6. The Morgan fingerprint density at radius 1 is 1.44 bits per heavy atom. The van der Waals surface area contributed by atoms with E-state index in [9.17, 15) is 16.8 Å². The third-order valence-electron chi connectivity index (χ3n) is 2.93. The predicted octanol–water partition coefficient (Wildman–Crippen LogP) is -1.34. The van der Waals surface area contributed by atoms with Gasteiger partial charge in [0.15, 0.2) is 9.84 Å². The number of aliphatic hydroxyl groups excluding tert-OH is 1. The van der Waals surface area contributed by atoms with Crippen molar-refractivity contribution in [1.29, 1.82) is 0 Å². The summed E-state index contributed by atoms with van der Waals surface area (Å²) in [7, 11) is -5.34. The SMILES string of the molecule is CC1CS(=O)(=O)CCN1S(=O)(=O)N(C)CCCO. The highest BCUT2D eigenvalue weighted by Gasteiger charge is 2.37. The number of nitrogens with zero attached hydrogens (tertiary/aromatic N) is 2. The summed E-state index contributed by atoms with van der Waals surface area (Å²) >= 11 is 0. The lowest BCUT2D eigenvalue weighted by Gasteiger charge is -2.34. The number of hydrogen-bond donors (Lipinski definition) is 1. The van der Waals surface area contributed by atoms with Crippen LogP contribution in [0.25, 0.3) is 0 Å². The minimum absolute atomic E-state index is 0.00466. The summed E-state index contributed by atoms with van der Waals surface area (Å²) < 4.78 is 49.6. The third-order valence-corrected chi connectivity index (χ3v) is 6.83. The Labute approximate surface area is 108 Å². The van der Waals surface area contributed by atoms with Gasteiger partial charge >= 0.3 is 0 Å². The molecular formula is C9H20N2O5S2. The van der Waals surface area contributed by atoms with Gasteiger partial charge in [0.25, 0.3) is 10.2 Å². The molecule has 0 spiro atoms. The first kappa shape index (κ1) is 15.8. The topological polar surface area (TPSA) is 95.0 Å². The number of hydrogen-bond acceptors (Lipinski definition) is 5. The van der Waals surface area contributed by atoms with Crippen molar-refractivity contribution < 1.29 is 21.9 Å². The Kier molecular flexibility index (Phi) is 5.13. The van der Waals surface area contributed by atoms with Gasteiger partial charge in [0.1, 0.15) is 0 Å². The van der Waals surface area contributed by atoms with Gasteiger partial charge in [-0.1, -0.05) is 0 Å². The standard InChI is InChI=1S/C9H20N2O5S2/c1-9-8-17(13,14)7-5-11(9)18(15,16)10(2)4-3-6-12/h9,12H,3-8H2,1-2H3. The van der Waals surface area contributed by atoms with E-state index < -0.39 is 26.1 Å². The molecule has 0 amide bonds. The Balaban J connectivity index is 2.80. The third kappa shape index (κ3) is 3.64. The minimum atomic E-state index is -3.64. The van der Waals surface area contributed by atoms with Crippen molar-refractivity contribution in [2.75, 3.05) is 38.2 Å². The lowest BCUT2D eigenvalue weighted by molar-refractivity contribution is 0.267. The fraction of sp³-hybridized carbons (Fsp3) is 1.00. The van der Waals surface area contributed by atoms with Crippen LogP contribution in [0.1, 0.15) is 13.3 Å². The Morgan fingerprint density at radius 2 is 2.06 bits per heavy atom. The first-order chi connectivity index (χ1) is 8.20. The molecule has 108 valence electrons. The average Bonchev–Trinajstić information content (AvgIpc) is 2.23. The van der Waals surface area contributed by atoms with E-state index in [-0.39, 0.29) is 31.2 Å². The van der Waals surface area contributed by atoms with Crippen LogP contribution in [0.15, 0.2) is 0 Å². The second kappa shape index (κ2) is 5.83. The Bertz CT molecular complexity index is 473. The van der Waals surface area contributed by atoms with Gasteiger partial charge in [0.05, 0.1) is 11.5 Å². The molecule has 1 N–H and O–H groups in total. The molecule has 0 bridgehead atoms. The summed E-state index contributed by atoms with van der Waals surface area (Å²) in [5, 5.41) is 8.70. The highest BCUT2D eigenvalue weighted by atomic mass is 32.2. The summed E-state index contributed by atoms with van der Waals surface area (Å²) in [5.74, 6) is -0.273. The molecule has 0 aromatic carbocycles. The summed E-state index contributed by atoms with van der Waals surface area (Å²) in [6.07, 6.45) is 0.357. The lowest BCUT2D eigenvalue weighted by Crippen LogP contribution is -2.53. The van der Waals surface area contributed by atoms with Gasteiger partial charge in [-0.2, -0.15) is 17.0 Å². The van der Waals surface area contributed by atoms with Gasteiger partial charge in [0.2, 0.25) is 0 Å². The van der Waals surface area contributed by atoms with Crippen molar-refractivity contribution in [1.82, 2.24) is 8.61 Å². The van der Waals surface area contributed by atoms with E-state index in [1.807, 2.05) is 0 Å². The van der Waals surface area contributed by atoms with Crippen LogP contribution in [0.3, 0.4) is 0 Å². The maximum atomic E-state index is 12.2. The molecule has 7 nitrogen and oxygen atoms in total. The van der Waals surface area contributed by atoms with Gasteiger partial charge < -0.3 is 5.11 Å². The van der Waals surface area contributed by atoms with Crippen LogP contribution in [0.2, 0.25) is 0 Å². The predicted molar refractivity (Wildman–Crippen MR) is 68.1 cm³/mol. The highest BCUT2D eigenvalue weighted by Crippen LogP contribution is 2.17. The van der Waals surface area contributed by atoms with Crippen LogP contribution in [-0.4, -0.2) is 74.8 Å². The zero-order valence-corrected chi connectivity index (χ0v) is 12.2. The monoisotopic (exact) mass is 300 g/mol. The van der Waals surface area contributed by atoms with E-state index in [2.05, 4.69) is 0 Å². The zero-order chi connectivity index (χ0) is 14.0. The van der Waals surface area contributed by atoms with Crippen LogP contribution in [-0.2, 0) is 20.0 Å². The Hall–Kier alpha value is -0.220. The second-order valence-corrected chi connectivity index (χ2v) is 8.70. The number of sulfone groups is 1.